The van der Waals surface area contributed by atoms with Gasteiger partial charge in [0.15, 0.2) is 5.11 Å². The second kappa shape index (κ2) is 10.8. The molecule has 4 rings (SSSR count). The van der Waals surface area contributed by atoms with Gasteiger partial charge in [0.25, 0.3) is 0 Å². The number of nitrogens with one attached hydrogen (secondary N) is 2. The Kier molecular flexibility index (Phi) is 7.86. The lowest BCUT2D eigenvalue weighted by Crippen LogP contribution is -2.51. The molecule has 1 aromatic heterocycles. The quantitative estimate of drug-likeness (QED) is 0.261. The second-order valence-corrected chi connectivity index (χ2v) is 9.33. The number of pyridine rings is 1. The maximum atomic E-state index is 13.7. The average molecular weight is 570 g/mol. The van der Waals surface area contributed by atoms with Gasteiger partial charge in [-0.3, -0.25) is 4.98 Å². The van der Waals surface area contributed by atoms with Crippen LogP contribution >= 0.6 is 23.8 Å². The molecule has 1 fully saturated rings. The van der Waals surface area contributed by atoms with Gasteiger partial charge in [0, 0.05) is 36.7 Å². The Bertz CT molecular complexity index is 1390. The van der Waals surface area contributed by atoms with E-state index < -0.39 is 23.6 Å². The summed E-state index contributed by atoms with van der Waals surface area (Å²) in [6.07, 6.45) is -3.12. The number of nitrogens with zero attached hydrogens (tertiary/aromatic N) is 1. The SMILES string of the molecule is COCC1CC1(NC(=S)Nc1ccc(Oc2ccnc3cc(OC)c(C(=O)OC)cc23)cc1Cl)C(F)(F)F. The van der Waals surface area contributed by atoms with E-state index >= 15 is 0 Å². The molecular formula is C25H23ClF3N3O5S. The zero-order valence-electron chi connectivity index (χ0n) is 20.4. The molecule has 2 atom stereocenters. The molecule has 2 unspecified atom stereocenters. The van der Waals surface area contributed by atoms with Crippen LogP contribution in [-0.2, 0) is 9.47 Å². The summed E-state index contributed by atoms with van der Waals surface area (Å²) >= 11 is 11.5. The molecule has 0 bridgehead atoms. The van der Waals surface area contributed by atoms with Gasteiger partial charge in [0.1, 0.15) is 28.4 Å². The van der Waals surface area contributed by atoms with Gasteiger partial charge in [-0.25, -0.2) is 4.79 Å². The number of benzene rings is 2. The van der Waals surface area contributed by atoms with E-state index in [-0.39, 0.29) is 34.4 Å². The summed E-state index contributed by atoms with van der Waals surface area (Å²) in [6, 6.07) is 9.32. The van der Waals surface area contributed by atoms with E-state index in [1.54, 1.807) is 24.3 Å². The fourth-order valence-electron chi connectivity index (χ4n) is 4.12. The monoisotopic (exact) mass is 569 g/mol. The van der Waals surface area contributed by atoms with Crippen molar-refractivity contribution < 1.29 is 36.9 Å². The van der Waals surface area contributed by atoms with Crippen LogP contribution in [0.1, 0.15) is 16.8 Å². The van der Waals surface area contributed by atoms with Crippen molar-refractivity contribution in [1.82, 2.24) is 10.3 Å². The number of hydrogen-bond donors (Lipinski definition) is 2. The summed E-state index contributed by atoms with van der Waals surface area (Å²) in [5.41, 5.74) is -1.15. The first kappa shape index (κ1) is 27.7. The van der Waals surface area contributed by atoms with Gasteiger partial charge in [0.2, 0.25) is 0 Å². The first-order valence-electron chi connectivity index (χ1n) is 11.2. The Morgan fingerprint density at radius 3 is 2.58 bits per heavy atom. The van der Waals surface area contributed by atoms with Crippen molar-refractivity contribution in [3.8, 4) is 17.2 Å². The fourth-order valence-corrected chi connectivity index (χ4v) is 4.63. The number of hydrogen-bond acceptors (Lipinski definition) is 7. The van der Waals surface area contributed by atoms with Gasteiger partial charge in [-0.1, -0.05) is 11.6 Å². The number of esters is 1. The van der Waals surface area contributed by atoms with Gasteiger partial charge >= 0.3 is 12.1 Å². The highest BCUT2D eigenvalue weighted by molar-refractivity contribution is 7.80. The van der Waals surface area contributed by atoms with Crippen LogP contribution in [0.4, 0.5) is 18.9 Å². The number of ether oxygens (including phenoxy) is 4. The van der Waals surface area contributed by atoms with Crippen LogP contribution in [0.5, 0.6) is 17.2 Å². The number of fused-ring (bicyclic) bond motifs is 1. The zero-order valence-corrected chi connectivity index (χ0v) is 22.0. The number of aromatic nitrogens is 1. The smallest absolute Gasteiger partial charge is 0.411 e. The van der Waals surface area contributed by atoms with Crippen LogP contribution in [0, 0.1) is 5.92 Å². The molecule has 38 heavy (non-hydrogen) atoms. The topological polar surface area (TPSA) is 90.9 Å². The molecular weight excluding hydrogens is 547 g/mol. The minimum Gasteiger partial charge on any atom is -0.496 e. The number of methoxy groups -OCH3 is 3. The third kappa shape index (κ3) is 5.42. The van der Waals surface area contributed by atoms with E-state index in [0.717, 1.165) is 0 Å². The Labute approximate surface area is 226 Å². The highest BCUT2D eigenvalue weighted by atomic mass is 35.5. The van der Waals surface area contributed by atoms with E-state index in [1.807, 2.05) is 0 Å². The number of thiocarbonyl (C=S) groups is 1. The van der Waals surface area contributed by atoms with Crippen molar-refractivity contribution in [3.05, 3.63) is 53.2 Å². The van der Waals surface area contributed by atoms with Crippen molar-refractivity contribution in [3.63, 3.8) is 0 Å². The molecule has 0 aliphatic heterocycles. The van der Waals surface area contributed by atoms with Crippen molar-refractivity contribution in [2.45, 2.75) is 18.1 Å². The molecule has 13 heteroatoms. The molecule has 8 nitrogen and oxygen atoms in total. The number of carbonyl (C=O) groups excluding carboxylic acids is 1. The molecule has 3 aromatic rings. The van der Waals surface area contributed by atoms with Crippen LogP contribution in [0.2, 0.25) is 5.02 Å². The van der Waals surface area contributed by atoms with Crippen LogP contribution in [0.25, 0.3) is 10.9 Å². The Morgan fingerprint density at radius 2 is 1.95 bits per heavy atom. The van der Waals surface area contributed by atoms with Crippen LogP contribution < -0.4 is 20.1 Å². The van der Waals surface area contributed by atoms with Crippen LogP contribution in [0.15, 0.2) is 42.6 Å². The van der Waals surface area contributed by atoms with Crippen molar-refractivity contribution in [1.29, 1.82) is 0 Å². The lowest BCUT2D eigenvalue weighted by atomic mass is 10.1. The van der Waals surface area contributed by atoms with E-state index in [4.69, 9.17) is 42.8 Å². The molecule has 0 radical (unpaired) electrons. The van der Waals surface area contributed by atoms with E-state index in [0.29, 0.717) is 28.2 Å². The molecule has 0 spiro atoms. The first-order valence-corrected chi connectivity index (χ1v) is 12.0. The molecule has 1 aliphatic carbocycles. The minimum atomic E-state index is -4.51. The third-order valence-corrected chi connectivity index (χ3v) is 6.68. The number of rotatable bonds is 8. The van der Waals surface area contributed by atoms with Gasteiger partial charge in [-0.2, -0.15) is 13.2 Å². The Balaban J connectivity index is 1.53. The summed E-state index contributed by atoms with van der Waals surface area (Å²) in [7, 11) is 4.04. The highest BCUT2D eigenvalue weighted by Gasteiger charge is 2.71. The van der Waals surface area contributed by atoms with Crippen molar-refractivity contribution in [2.75, 3.05) is 33.3 Å². The van der Waals surface area contributed by atoms with Crippen molar-refractivity contribution >= 4 is 51.5 Å². The predicted molar refractivity (Wildman–Crippen MR) is 139 cm³/mol. The summed E-state index contributed by atoms with van der Waals surface area (Å²) in [5.74, 6) is -0.329. The predicted octanol–water partition coefficient (Wildman–Crippen LogP) is 5.73. The Hall–Kier alpha value is -3.35. The molecule has 202 valence electrons. The van der Waals surface area contributed by atoms with E-state index in [1.165, 1.54) is 39.7 Å². The fraction of sp³-hybridized carbons (Fsp3) is 0.320. The minimum absolute atomic E-state index is 0.0422. The standard InChI is InChI=1S/C25H23ClF3N3O5S/c1-34-12-13-11-24(13,25(27,28)29)32-23(38)31-18-5-4-14(8-17(18)26)37-20-6-7-30-19-10-21(35-2)16(9-15(19)20)22(33)36-3/h4-10,13H,11-12H2,1-3H3,(H2,31,32,38). The van der Waals surface area contributed by atoms with Crippen molar-refractivity contribution in [2.24, 2.45) is 5.92 Å². The van der Waals surface area contributed by atoms with Crippen LogP contribution in [-0.4, -0.2) is 55.7 Å². The first-order chi connectivity index (χ1) is 18.0. The largest absolute Gasteiger partial charge is 0.496 e. The molecule has 1 heterocycles. The van der Waals surface area contributed by atoms with Gasteiger partial charge in [-0.15, -0.1) is 0 Å². The van der Waals surface area contributed by atoms with Gasteiger partial charge in [-0.05, 0) is 42.9 Å². The lowest BCUT2D eigenvalue weighted by molar-refractivity contribution is -0.167. The summed E-state index contributed by atoms with van der Waals surface area (Å²) < 4.78 is 62.0. The molecule has 1 saturated carbocycles. The van der Waals surface area contributed by atoms with E-state index in [9.17, 15) is 18.0 Å². The molecule has 1 aliphatic rings. The molecule has 0 saturated heterocycles. The number of carbonyl (C=O) groups is 1. The van der Waals surface area contributed by atoms with Gasteiger partial charge in [0.05, 0.1) is 37.1 Å². The van der Waals surface area contributed by atoms with Gasteiger partial charge < -0.3 is 29.6 Å². The normalized spacial score (nSPS) is 18.6. The number of alkyl halides is 3. The maximum absolute atomic E-state index is 13.7. The molecule has 2 N–H and O–H groups in total. The van der Waals surface area contributed by atoms with Crippen LogP contribution in [0.3, 0.4) is 0 Å². The average Bonchev–Trinajstić information content (AvgIpc) is 3.58. The molecule has 0 amide bonds. The molecule has 2 aromatic carbocycles. The second-order valence-electron chi connectivity index (χ2n) is 8.52. The summed E-state index contributed by atoms with van der Waals surface area (Å²) in [5, 5.41) is 5.57. The lowest BCUT2D eigenvalue weighted by Gasteiger charge is -2.24. The number of anilines is 1. The maximum Gasteiger partial charge on any atom is 0.411 e. The highest BCUT2D eigenvalue weighted by Crippen LogP contribution is 2.54. The third-order valence-electron chi connectivity index (χ3n) is 6.16. The number of halogens is 4. The summed E-state index contributed by atoms with van der Waals surface area (Å²) in [6.45, 7) is -0.0422. The van der Waals surface area contributed by atoms with E-state index in [2.05, 4.69) is 15.6 Å². The zero-order chi connectivity index (χ0) is 27.7. The summed E-state index contributed by atoms with van der Waals surface area (Å²) in [4.78, 5) is 16.5. The Morgan fingerprint density at radius 1 is 1.18 bits per heavy atom.